The largest absolute Gasteiger partial charge is 0.252 e. The molecule has 0 aliphatic rings. The van der Waals surface area contributed by atoms with Gasteiger partial charge in [-0.3, -0.25) is 4.98 Å². The number of halogens is 1. The summed E-state index contributed by atoms with van der Waals surface area (Å²) < 4.78 is 0. The van der Waals surface area contributed by atoms with E-state index < -0.39 is 0 Å². The minimum atomic E-state index is 0.0911. The maximum Gasteiger partial charge on any atom is 0.0706 e. The van der Waals surface area contributed by atoms with Crippen LogP contribution in [0.2, 0.25) is 5.02 Å². The molecule has 1 heterocycles. The van der Waals surface area contributed by atoms with E-state index in [4.69, 9.17) is 11.6 Å². The van der Waals surface area contributed by atoms with Gasteiger partial charge in [0.25, 0.3) is 0 Å². The van der Waals surface area contributed by atoms with Gasteiger partial charge in [-0.05, 0) is 24.3 Å². The highest BCUT2D eigenvalue weighted by Crippen LogP contribution is 2.24. The summed E-state index contributed by atoms with van der Waals surface area (Å²) in [7, 11) is 0. The van der Waals surface area contributed by atoms with Crippen LogP contribution in [-0.2, 0) is 5.41 Å². The van der Waals surface area contributed by atoms with Gasteiger partial charge in [0.15, 0.2) is 0 Å². The minimum Gasteiger partial charge on any atom is -0.252 e. The van der Waals surface area contributed by atoms with E-state index in [9.17, 15) is 0 Å². The van der Waals surface area contributed by atoms with Crippen LogP contribution in [0.1, 0.15) is 26.5 Å². The Kier molecular flexibility index (Phi) is 2.43. The van der Waals surface area contributed by atoms with Gasteiger partial charge < -0.3 is 0 Å². The van der Waals surface area contributed by atoms with Crippen molar-refractivity contribution in [2.45, 2.75) is 26.2 Å². The van der Waals surface area contributed by atoms with Gasteiger partial charge in [0.05, 0.1) is 5.52 Å². The summed E-state index contributed by atoms with van der Waals surface area (Å²) >= 11 is 5.92. The first-order valence-corrected chi connectivity index (χ1v) is 5.41. The zero-order valence-electron chi connectivity index (χ0n) is 9.21. The molecule has 1 aromatic carbocycles. The highest BCUT2D eigenvalue weighted by atomic mass is 35.5. The van der Waals surface area contributed by atoms with Crippen LogP contribution in [0.3, 0.4) is 0 Å². The third-order valence-electron chi connectivity index (χ3n) is 2.42. The molecule has 1 aromatic heterocycles. The standard InChI is InChI=1S/C13H14ClN/c1-13(2,3)12-7-4-9-8-10(14)5-6-11(9)15-12/h4-8H,1-3H3. The zero-order chi connectivity index (χ0) is 11.1. The highest BCUT2D eigenvalue weighted by Gasteiger charge is 2.15. The first-order valence-electron chi connectivity index (χ1n) is 5.03. The molecular weight excluding hydrogens is 206 g/mol. The van der Waals surface area contributed by atoms with E-state index in [2.05, 4.69) is 37.9 Å². The molecule has 2 aromatic rings. The fraction of sp³-hybridized carbons (Fsp3) is 0.308. The Labute approximate surface area is 95.1 Å². The number of nitrogens with zero attached hydrogens (tertiary/aromatic N) is 1. The molecule has 2 rings (SSSR count). The molecule has 0 N–H and O–H groups in total. The van der Waals surface area contributed by atoms with E-state index in [1.54, 1.807) is 0 Å². The molecule has 0 saturated heterocycles. The molecule has 0 saturated carbocycles. The van der Waals surface area contributed by atoms with E-state index in [1.165, 1.54) is 0 Å². The average Bonchev–Trinajstić information content (AvgIpc) is 2.15. The van der Waals surface area contributed by atoms with Gasteiger partial charge in [0, 0.05) is 21.5 Å². The summed E-state index contributed by atoms with van der Waals surface area (Å²) in [6.45, 7) is 6.49. The quantitative estimate of drug-likeness (QED) is 0.648. The number of benzene rings is 1. The molecule has 0 aliphatic carbocycles. The second-order valence-corrected chi connectivity index (χ2v) is 5.22. The van der Waals surface area contributed by atoms with Gasteiger partial charge in [-0.15, -0.1) is 0 Å². The molecule has 0 spiro atoms. The molecule has 0 fully saturated rings. The topological polar surface area (TPSA) is 12.9 Å². The first-order chi connectivity index (χ1) is 6.97. The van der Waals surface area contributed by atoms with Crippen molar-refractivity contribution < 1.29 is 0 Å². The van der Waals surface area contributed by atoms with Gasteiger partial charge in [0.1, 0.15) is 0 Å². The third kappa shape index (κ3) is 2.13. The number of hydrogen-bond donors (Lipinski definition) is 0. The van der Waals surface area contributed by atoms with E-state index in [0.29, 0.717) is 0 Å². The molecule has 0 unspecified atom stereocenters. The monoisotopic (exact) mass is 219 g/mol. The van der Waals surface area contributed by atoms with E-state index in [-0.39, 0.29) is 5.41 Å². The Balaban J connectivity index is 2.62. The second-order valence-electron chi connectivity index (χ2n) is 4.78. The lowest BCUT2D eigenvalue weighted by atomic mass is 9.91. The number of fused-ring (bicyclic) bond motifs is 1. The van der Waals surface area contributed by atoms with Crippen LogP contribution in [-0.4, -0.2) is 4.98 Å². The van der Waals surface area contributed by atoms with Gasteiger partial charge in [0.2, 0.25) is 0 Å². The maximum absolute atomic E-state index is 5.92. The van der Waals surface area contributed by atoms with Crippen molar-refractivity contribution in [3.05, 3.63) is 41.0 Å². The van der Waals surface area contributed by atoms with Crippen molar-refractivity contribution in [1.82, 2.24) is 4.98 Å². The van der Waals surface area contributed by atoms with Crippen LogP contribution in [0.5, 0.6) is 0 Å². The van der Waals surface area contributed by atoms with Crippen LogP contribution in [0.25, 0.3) is 10.9 Å². The van der Waals surface area contributed by atoms with Crippen LogP contribution in [0, 0.1) is 0 Å². The fourth-order valence-corrected chi connectivity index (χ4v) is 1.69. The summed E-state index contributed by atoms with van der Waals surface area (Å²) in [6.07, 6.45) is 0. The molecule has 0 atom stereocenters. The van der Waals surface area contributed by atoms with Gasteiger partial charge in [-0.25, -0.2) is 0 Å². The summed E-state index contributed by atoms with van der Waals surface area (Å²) in [5.41, 5.74) is 2.21. The van der Waals surface area contributed by atoms with Crippen LogP contribution < -0.4 is 0 Å². The summed E-state index contributed by atoms with van der Waals surface area (Å²) in [5, 5.41) is 1.85. The van der Waals surface area contributed by atoms with Crippen molar-refractivity contribution >= 4 is 22.5 Å². The van der Waals surface area contributed by atoms with E-state index >= 15 is 0 Å². The molecule has 0 radical (unpaired) electrons. The Hall–Kier alpha value is -1.08. The lowest BCUT2D eigenvalue weighted by molar-refractivity contribution is 0.571. The highest BCUT2D eigenvalue weighted by molar-refractivity contribution is 6.31. The minimum absolute atomic E-state index is 0.0911. The first kappa shape index (κ1) is 10.4. The van der Waals surface area contributed by atoms with E-state index in [1.807, 2.05) is 18.2 Å². The Bertz CT molecular complexity index is 497. The SMILES string of the molecule is CC(C)(C)c1ccc2cc(Cl)ccc2n1. The van der Waals surface area contributed by atoms with Crippen molar-refractivity contribution in [3.8, 4) is 0 Å². The molecule has 15 heavy (non-hydrogen) atoms. The molecule has 0 amide bonds. The summed E-state index contributed by atoms with van der Waals surface area (Å²) in [6, 6.07) is 9.93. The van der Waals surface area contributed by atoms with Crippen molar-refractivity contribution in [1.29, 1.82) is 0 Å². The van der Waals surface area contributed by atoms with Crippen LogP contribution >= 0.6 is 11.6 Å². The predicted octanol–water partition coefficient (Wildman–Crippen LogP) is 4.19. The van der Waals surface area contributed by atoms with Crippen LogP contribution in [0.4, 0.5) is 0 Å². The van der Waals surface area contributed by atoms with Gasteiger partial charge in [-0.2, -0.15) is 0 Å². The number of pyridine rings is 1. The predicted molar refractivity (Wildman–Crippen MR) is 65.5 cm³/mol. The van der Waals surface area contributed by atoms with Crippen LogP contribution in [0.15, 0.2) is 30.3 Å². The van der Waals surface area contributed by atoms with Crippen molar-refractivity contribution in [3.63, 3.8) is 0 Å². The Morgan fingerprint density at radius 1 is 1.07 bits per heavy atom. The van der Waals surface area contributed by atoms with Crippen molar-refractivity contribution in [2.75, 3.05) is 0 Å². The number of aromatic nitrogens is 1. The Morgan fingerprint density at radius 3 is 2.47 bits per heavy atom. The second kappa shape index (κ2) is 3.49. The van der Waals surface area contributed by atoms with Gasteiger partial charge >= 0.3 is 0 Å². The maximum atomic E-state index is 5.92. The summed E-state index contributed by atoms with van der Waals surface area (Å²) in [5.74, 6) is 0. The average molecular weight is 220 g/mol. The lowest BCUT2D eigenvalue weighted by Crippen LogP contribution is -2.13. The smallest absolute Gasteiger partial charge is 0.0706 e. The molecule has 1 nitrogen and oxygen atoms in total. The van der Waals surface area contributed by atoms with Gasteiger partial charge in [-0.1, -0.05) is 38.4 Å². The normalized spacial score (nSPS) is 12.0. The summed E-state index contributed by atoms with van der Waals surface area (Å²) in [4.78, 5) is 4.63. The third-order valence-corrected chi connectivity index (χ3v) is 2.65. The number of hydrogen-bond acceptors (Lipinski definition) is 1. The van der Waals surface area contributed by atoms with Crippen molar-refractivity contribution in [2.24, 2.45) is 0 Å². The zero-order valence-corrected chi connectivity index (χ0v) is 9.97. The molecule has 78 valence electrons. The lowest BCUT2D eigenvalue weighted by Gasteiger charge is -2.17. The van der Waals surface area contributed by atoms with E-state index in [0.717, 1.165) is 21.6 Å². The molecule has 0 aliphatic heterocycles. The number of rotatable bonds is 0. The Morgan fingerprint density at radius 2 is 1.80 bits per heavy atom. The molecule has 0 bridgehead atoms. The molecule has 2 heteroatoms. The molecular formula is C13H14ClN. The fourth-order valence-electron chi connectivity index (χ4n) is 1.51.